The van der Waals surface area contributed by atoms with Crippen molar-refractivity contribution in [3.8, 4) is 11.5 Å². The third-order valence-corrected chi connectivity index (χ3v) is 6.90. The molecule has 2 N–H and O–H groups in total. The van der Waals surface area contributed by atoms with E-state index in [1.165, 1.54) is 26.4 Å². The summed E-state index contributed by atoms with van der Waals surface area (Å²) in [6.07, 6.45) is 1.60. The van der Waals surface area contributed by atoms with E-state index in [0.29, 0.717) is 40.9 Å². The summed E-state index contributed by atoms with van der Waals surface area (Å²) >= 11 is 3.42. The maximum Gasteiger partial charge on any atom is 0.259 e. The van der Waals surface area contributed by atoms with E-state index >= 15 is 0 Å². The molecule has 4 unspecified atom stereocenters. The van der Waals surface area contributed by atoms with Crippen molar-refractivity contribution >= 4 is 34.2 Å². The minimum atomic E-state index is -0.442. The summed E-state index contributed by atoms with van der Waals surface area (Å²) in [5, 5.41) is 13.7. The number of nitrogens with zero attached hydrogens (tertiary/aromatic N) is 1. The molecule has 2 aromatic carbocycles. The number of hydrogen-bond acceptors (Lipinski definition) is 5. The number of piperidine rings is 1. The lowest BCUT2D eigenvalue weighted by Gasteiger charge is -2.39. The van der Waals surface area contributed by atoms with Crippen LogP contribution in [0.3, 0.4) is 0 Å². The molecule has 2 bridgehead atoms. The smallest absolute Gasteiger partial charge is 0.259 e. The van der Waals surface area contributed by atoms with Gasteiger partial charge in [-0.1, -0.05) is 12.1 Å². The Hall–Kier alpha value is -1.87. The summed E-state index contributed by atoms with van der Waals surface area (Å²) < 4.78 is 24.7. The number of carbonyl (C=O) groups excluding carboxylic acids is 1. The molecule has 2 fully saturated rings. The average Bonchev–Trinajstić information content (AvgIpc) is 2.92. The van der Waals surface area contributed by atoms with Crippen molar-refractivity contribution in [3.05, 3.63) is 57.8 Å². The first-order valence-corrected chi connectivity index (χ1v) is 11.1. The number of aliphatic hydroxyl groups is 1. The van der Waals surface area contributed by atoms with E-state index in [9.17, 15) is 14.3 Å². The number of nitrogens with one attached hydrogen (secondary N) is 1. The quantitative estimate of drug-likeness (QED) is 0.594. The van der Waals surface area contributed by atoms with Gasteiger partial charge in [0.15, 0.2) is 0 Å². The number of methoxy groups -OCH3 is 2. The SMILES string of the molecule is COc1ccc(Br)c(OC)c1C(=O)NC1CC2CC(O)C(C1)N2Cc1ccc(F)cc1.Cl. The van der Waals surface area contributed by atoms with Gasteiger partial charge >= 0.3 is 0 Å². The number of ether oxygens (including phenoxy) is 2. The molecule has 0 spiro atoms. The monoisotopic (exact) mass is 528 g/mol. The Morgan fingerprint density at radius 2 is 1.88 bits per heavy atom. The van der Waals surface area contributed by atoms with Gasteiger partial charge in [0.1, 0.15) is 22.9 Å². The van der Waals surface area contributed by atoms with Gasteiger partial charge in [0, 0.05) is 24.7 Å². The molecule has 4 rings (SSSR count). The van der Waals surface area contributed by atoms with Gasteiger partial charge in [0.05, 0.1) is 24.8 Å². The lowest BCUT2D eigenvalue weighted by atomic mass is 9.95. The first kappa shape index (κ1) is 24.8. The Balaban J connectivity index is 0.00000289. The van der Waals surface area contributed by atoms with Crippen molar-refractivity contribution < 1.29 is 23.8 Å². The molecule has 6 nitrogen and oxygen atoms in total. The molecule has 32 heavy (non-hydrogen) atoms. The van der Waals surface area contributed by atoms with Crippen molar-refractivity contribution in [2.75, 3.05) is 14.2 Å². The van der Waals surface area contributed by atoms with E-state index in [1.54, 1.807) is 24.3 Å². The van der Waals surface area contributed by atoms with E-state index in [4.69, 9.17) is 9.47 Å². The summed E-state index contributed by atoms with van der Waals surface area (Å²) in [5.74, 6) is 0.343. The fraction of sp³-hybridized carbons (Fsp3) is 0.435. The maximum absolute atomic E-state index is 13.2. The average molecular weight is 530 g/mol. The van der Waals surface area contributed by atoms with Gasteiger partial charge in [0.25, 0.3) is 5.91 Å². The van der Waals surface area contributed by atoms with Crippen LogP contribution in [0.5, 0.6) is 11.5 Å². The Labute approximate surface area is 201 Å². The number of benzene rings is 2. The third-order valence-electron chi connectivity index (χ3n) is 6.27. The molecule has 2 aliphatic heterocycles. The van der Waals surface area contributed by atoms with E-state index in [2.05, 4.69) is 26.1 Å². The van der Waals surface area contributed by atoms with Gasteiger partial charge in [-0.3, -0.25) is 9.69 Å². The molecule has 1 amide bonds. The summed E-state index contributed by atoms with van der Waals surface area (Å²) in [6, 6.07) is 9.99. The fourth-order valence-corrected chi connectivity index (χ4v) is 5.34. The molecule has 2 aromatic rings. The van der Waals surface area contributed by atoms with Gasteiger partial charge in [-0.15, -0.1) is 12.4 Å². The molecule has 2 aliphatic rings. The minimum absolute atomic E-state index is 0. The second-order valence-corrected chi connectivity index (χ2v) is 8.98. The molecule has 0 aliphatic carbocycles. The number of hydrogen-bond donors (Lipinski definition) is 2. The summed E-state index contributed by atoms with van der Waals surface area (Å²) in [7, 11) is 3.03. The normalized spacial score (nSPS) is 24.5. The highest BCUT2D eigenvalue weighted by atomic mass is 79.9. The second-order valence-electron chi connectivity index (χ2n) is 8.12. The van der Waals surface area contributed by atoms with Crippen molar-refractivity contribution in [1.29, 1.82) is 0 Å². The molecule has 2 saturated heterocycles. The van der Waals surface area contributed by atoms with Crippen LogP contribution in [0.15, 0.2) is 40.9 Å². The van der Waals surface area contributed by atoms with Gasteiger partial charge in [0.2, 0.25) is 0 Å². The Bertz CT molecular complexity index is 962. The van der Waals surface area contributed by atoms with Gasteiger partial charge in [-0.05, 0) is 65.0 Å². The second kappa shape index (κ2) is 10.4. The molecule has 2 heterocycles. The first-order chi connectivity index (χ1) is 14.9. The highest BCUT2D eigenvalue weighted by Crippen LogP contribution is 2.39. The predicted octanol–water partition coefficient (Wildman–Crippen LogP) is 3.92. The molecule has 9 heteroatoms. The van der Waals surface area contributed by atoms with Crippen LogP contribution in [-0.2, 0) is 6.54 Å². The van der Waals surface area contributed by atoms with Gasteiger partial charge in [-0.2, -0.15) is 0 Å². The van der Waals surface area contributed by atoms with E-state index in [0.717, 1.165) is 12.0 Å². The molecular formula is C23H27BrClFN2O4. The van der Waals surface area contributed by atoms with Crippen LogP contribution in [0.2, 0.25) is 0 Å². The number of halogens is 3. The number of aliphatic hydroxyl groups excluding tert-OH is 1. The predicted molar refractivity (Wildman–Crippen MR) is 125 cm³/mol. The molecule has 0 aromatic heterocycles. The van der Waals surface area contributed by atoms with Crippen molar-refractivity contribution in [1.82, 2.24) is 10.2 Å². The van der Waals surface area contributed by atoms with Crippen molar-refractivity contribution in [2.24, 2.45) is 0 Å². The number of amides is 1. The fourth-order valence-electron chi connectivity index (χ4n) is 4.85. The summed E-state index contributed by atoms with van der Waals surface area (Å²) in [6.45, 7) is 0.653. The zero-order valence-electron chi connectivity index (χ0n) is 17.9. The number of carbonyl (C=O) groups is 1. The number of fused-ring (bicyclic) bond motifs is 2. The summed E-state index contributed by atoms with van der Waals surface area (Å²) in [5.41, 5.74) is 1.36. The van der Waals surface area contributed by atoms with Crippen LogP contribution in [0.4, 0.5) is 4.39 Å². The van der Waals surface area contributed by atoms with E-state index < -0.39 is 6.10 Å². The van der Waals surface area contributed by atoms with Crippen molar-refractivity contribution in [3.63, 3.8) is 0 Å². The molecular weight excluding hydrogens is 503 g/mol. The van der Waals surface area contributed by atoms with Crippen LogP contribution < -0.4 is 14.8 Å². The van der Waals surface area contributed by atoms with Crippen molar-refractivity contribution in [2.45, 2.75) is 50.0 Å². The standard InChI is InChI=1S/C23H26BrFN2O4.ClH/c1-30-20-8-7-17(24)22(31-2)21(20)23(29)26-15-9-16-11-19(28)18(10-15)27(16)12-13-3-5-14(25)6-4-13;/h3-8,15-16,18-19,28H,9-12H2,1-2H3,(H,26,29);1H. The Morgan fingerprint density at radius 3 is 2.50 bits per heavy atom. The van der Waals surface area contributed by atoms with Gasteiger partial charge < -0.3 is 19.9 Å². The van der Waals surface area contributed by atoms with Crippen LogP contribution >= 0.6 is 28.3 Å². The van der Waals surface area contributed by atoms with Crippen LogP contribution in [0, 0.1) is 5.82 Å². The molecule has 4 atom stereocenters. The van der Waals surface area contributed by atoms with Crippen LogP contribution in [0.25, 0.3) is 0 Å². The lowest BCUT2D eigenvalue weighted by molar-refractivity contribution is 0.0601. The number of rotatable bonds is 6. The van der Waals surface area contributed by atoms with E-state index in [-0.39, 0.29) is 42.3 Å². The minimum Gasteiger partial charge on any atom is -0.496 e. The zero-order chi connectivity index (χ0) is 22.1. The molecule has 174 valence electrons. The third kappa shape index (κ3) is 4.88. The van der Waals surface area contributed by atoms with E-state index in [1.807, 2.05) is 0 Å². The van der Waals surface area contributed by atoms with Crippen LogP contribution in [0.1, 0.15) is 35.2 Å². The highest BCUT2D eigenvalue weighted by molar-refractivity contribution is 9.10. The largest absolute Gasteiger partial charge is 0.496 e. The molecule has 0 radical (unpaired) electrons. The van der Waals surface area contributed by atoms with Crippen LogP contribution in [-0.4, -0.2) is 54.4 Å². The van der Waals surface area contributed by atoms with Gasteiger partial charge in [-0.25, -0.2) is 4.39 Å². The summed E-state index contributed by atoms with van der Waals surface area (Å²) in [4.78, 5) is 15.4. The zero-order valence-corrected chi connectivity index (χ0v) is 20.3. The Morgan fingerprint density at radius 1 is 1.16 bits per heavy atom. The maximum atomic E-state index is 13.2. The lowest BCUT2D eigenvalue weighted by Crippen LogP contribution is -2.51. The molecule has 0 saturated carbocycles. The topological polar surface area (TPSA) is 71.0 Å². The first-order valence-electron chi connectivity index (χ1n) is 10.3. The highest BCUT2D eigenvalue weighted by Gasteiger charge is 2.46. The Kier molecular flexibility index (Phi) is 8.03.